The number of halogens is 1. The average Bonchev–Trinajstić information content (AvgIpc) is 3.14. The number of rotatable bonds is 5. The van der Waals surface area contributed by atoms with E-state index in [2.05, 4.69) is 26.3 Å². The van der Waals surface area contributed by atoms with E-state index in [9.17, 15) is 4.79 Å². The Balaban J connectivity index is 1.42. The highest BCUT2D eigenvalue weighted by atomic mass is 35.5. The highest BCUT2D eigenvalue weighted by Gasteiger charge is 2.10. The molecule has 3 aromatic rings. The first-order valence-corrected chi connectivity index (χ1v) is 8.88. The van der Waals surface area contributed by atoms with Crippen LogP contribution in [0.1, 0.15) is 12.3 Å². The normalized spacial score (nSPS) is 10.3. The van der Waals surface area contributed by atoms with E-state index >= 15 is 0 Å². The summed E-state index contributed by atoms with van der Waals surface area (Å²) in [6.07, 6.45) is 0.491. The number of aryl methyl sites for hydroxylation is 1. The van der Waals surface area contributed by atoms with Gasteiger partial charge in [-0.05, 0) is 30.4 Å². The lowest BCUT2D eigenvalue weighted by atomic mass is 10.2. The fourth-order valence-corrected chi connectivity index (χ4v) is 2.56. The number of anilines is 1. The SMILES string of the molecule is O=C(CCc1nc(-c2ccccc2)no1)NNC(=S)Nc1cccc(Cl)c1. The Bertz CT molecular complexity index is 932. The van der Waals surface area contributed by atoms with Crippen LogP contribution >= 0.6 is 23.8 Å². The minimum absolute atomic E-state index is 0.170. The Morgan fingerprint density at radius 2 is 1.93 bits per heavy atom. The number of hydrogen-bond donors (Lipinski definition) is 3. The quantitative estimate of drug-likeness (QED) is 0.446. The molecule has 7 nitrogen and oxygen atoms in total. The summed E-state index contributed by atoms with van der Waals surface area (Å²) in [4.78, 5) is 16.2. The summed E-state index contributed by atoms with van der Waals surface area (Å²) in [5.74, 6) is 0.629. The van der Waals surface area contributed by atoms with Crippen molar-refractivity contribution in [3.63, 3.8) is 0 Å². The molecule has 1 heterocycles. The minimum Gasteiger partial charge on any atom is -0.339 e. The maximum Gasteiger partial charge on any atom is 0.238 e. The first-order chi connectivity index (χ1) is 13.1. The number of benzene rings is 2. The Morgan fingerprint density at radius 3 is 2.70 bits per heavy atom. The van der Waals surface area contributed by atoms with Crippen LogP contribution in [-0.2, 0) is 11.2 Å². The Morgan fingerprint density at radius 1 is 1.11 bits per heavy atom. The number of amides is 1. The van der Waals surface area contributed by atoms with Crippen LogP contribution in [0.5, 0.6) is 0 Å². The van der Waals surface area contributed by atoms with Crippen molar-refractivity contribution in [1.82, 2.24) is 21.0 Å². The molecule has 0 saturated carbocycles. The molecule has 0 saturated heterocycles. The molecular weight excluding hydrogens is 386 g/mol. The van der Waals surface area contributed by atoms with Crippen LogP contribution in [0, 0.1) is 0 Å². The number of nitrogens with zero attached hydrogens (tertiary/aromatic N) is 2. The molecule has 1 aromatic heterocycles. The Labute approximate surface area is 166 Å². The third kappa shape index (κ3) is 5.77. The maximum atomic E-state index is 11.9. The third-order valence-corrected chi connectivity index (χ3v) is 3.90. The first kappa shape index (κ1) is 18.8. The van der Waals surface area contributed by atoms with Gasteiger partial charge in [0.25, 0.3) is 0 Å². The van der Waals surface area contributed by atoms with Gasteiger partial charge in [0, 0.05) is 29.1 Å². The second kappa shape index (κ2) is 9.11. The number of hydrazine groups is 1. The molecule has 0 bridgehead atoms. The summed E-state index contributed by atoms with van der Waals surface area (Å²) in [7, 11) is 0. The molecule has 0 atom stereocenters. The summed E-state index contributed by atoms with van der Waals surface area (Å²) in [5, 5.41) is 7.66. The van der Waals surface area contributed by atoms with Gasteiger partial charge >= 0.3 is 0 Å². The van der Waals surface area contributed by atoms with Crippen molar-refractivity contribution >= 4 is 40.5 Å². The van der Waals surface area contributed by atoms with Gasteiger partial charge in [-0.1, -0.05) is 53.2 Å². The highest BCUT2D eigenvalue weighted by molar-refractivity contribution is 7.80. The van der Waals surface area contributed by atoms with Crippen molar-refractivity contribution in [2.45, 2.75) is 12.8 Å². The zero-order chi connectivity index (χ0) is 19.1. The zero-order valence-corrected chi connectivity index (χ0v) is 15.7. The van der Waals surface area contributed by atoms with Gasteiger partial charge in [-0.25, -0.2) is 0 Å². The molecule has 0 unspecified atom stereocenters. The number of aromatic nitrogens is 2. The van der Waals surface area contributed by atoms with Gasteiger partial charge in [0.05, 0.1) is 0 Å². The van der Waals surface area contributed by atoms with E-state index in [1.165, 1.54) is 0 Å². The van der Waals surface area contributed by atoms with Crippen molar-refractivity contribution in [3.8, 4) is 11.4 Å². The lowest BCUT2D eigenvalue weighted by molar-refractivity contribution is -0.121. The minimum atomic E-state index is -0.260. The molecule has 3 rings (SSSR count). The summed E-state index contributed by atoms with van der Waals surface area (Å²) < 4.78 is 5.17. The van der Waals surface area contributed by atoms with Gasteiger partial charge in [0.2, 0.25) is 17.6 Å². The predicted octanol–water partition coefficient (Wildman–Crippen LogP) is 3.34. The van der Waals surface area contributed by atoms with Crippen LogP contribution in [-0.4, -0.2) is 21.2 Å². The number of carbonyl (C=O) groups excluding carboxylic acids is 1. The van der Waals surface area contributed by atoms with E-state index in [0.29, 0.717) is 28.8 Å². The smallest absolute Gasteiger partial charge is 0.238 e. The highest BCUT2D eigenvalue weighted by Crippen LogP contribution is 2.16. The van der Waals surface area contributed by atoms with Gasteiger partial charge in [-0.2, -0.15) is 4.98 Å². The molecule has 0 aliphatic carbocycles. The van der Waals surface area contributed by atoms with Gasteiger partial charge < -0.3 is 9.84 Å². The molecule has 0 radical (unpaired) electrons. The van der Waals surface area contributed by atoms with E-state index in [1.807, 2.05) is 36.4 Å². The Kier molecular flexibility index (Phi) is 6.35. The monoisotopic (exact) mass is 401 g/mol. The average molecular weight is 402 g/mol. The van der Waals surface area contributed by atoms with Gasteiger partial charge in [0.15, 0.2) is 5.11 Å². The second-order valence-electron chi connectivity index (χ2n) is 5.52. The maximum absolute atomic E-state index is 11.9. The molecule has 1 amide bonds. The fraction of sp³-hybridized carbons (Fsp3) is 0.111. The number of hydrogen-bond acceptors (Lipinski definition) is 5. The van der Waals surface area contributed by atoms with Crippen LogP contribution < -0.4 is 16.2 Å². The molecular formula is C18H16ClN5O2S. The van der Waals surface area contributed by atoms with Gasteiger partial charge in [-0.3, -0.25) is 15.6 Å². The van der Waals surface area contributed by atoms with Crippen molar-refractivity contribution in [3.05, 3.63) is 65.5 Å². The number of thiocarbonyl (C=S) groups is 1. The molecule has 9 heteroatoms. The Hall–Kier alpha value is -2.97. The van der Waals surface area contributed by atoms with Gasteiger partial charge in [0.1, 0.15) is 0 Å². The van der Waals surface area contributed by atoms with E-state index in [-0.39, 0.29) is 17.4 Å². The lowest BCUT2D eigenvalue weighted by Gasteiger charge is -2.11. The predicted molar refractivity (Wildman–Crippen MR) is 107 cm³/mol. The first-order valence-electron chi connectivity index (χ1n) is 8.09. The molecule has 3 N–H and O–H groups in total. The van der Waals surface area contributed by atoms with Crippen LogP contribution in [0.2, 0.25) is 5.02 Å². The summed E-state index contributed by atoms with van der Waals surface area (Å²) in [6, 6.07) is 16.5. The van der Waals surface area contributed by atoms with Crippen LogP contribution in [0.4, 0.5) is 5.69 Å². The second-order valence-corrected chi connectivity index (χ2v) is 6.36. The van der Waals surface area contributed by atoms with Crippen molar-refractivity contribution in [1.29, 1.82) is 0 Å². The molecule has 0 spiro atoms. The van der Waals surface area contributed by atoms with E-state index in [1.54, 1.807) is 18.2 Å². The van der Waals surface area contributed by atoms with E-state index < -0.39 is 0 Å². The number of carbonyl (C=O) groups is 1. The van der Waals surface area contributed by atoms with E-state index in [0.717, 1.165) is 5.56 Å². The summed E-state index contributed by atoms with van der Waals surface area (Å²) in [5.41, 5.74) is 6.71. The van der Waals surface area contributed by atoms with Crippen molar-refractivity contribution in [2.75, 3.05) is 5.32 Å². The molecule has 27 heavy (non-hydrogen) atoms. The number of nitrogens with one attached hydrogen (secondary N) is 3. The molecule has 138 valence electrons. The van der Waals surface area contributed by atoms with Crippen LogP contribution in [0.15, 0.2) is 59.1 Å². The standard InChI is InChI=1S/C18H16ClN5O2S/c19-13-7-4-8-14(11-13)20-18(27)23-22-15(25)9-10-16-21-17(24-26-16)12-5-2-1-3-6-12/h1-8,11H,9-10H2,(H,22,25)(H2,20,23,27). The molecule has 0 aliphatic heterocycles. The summed E-state index contributed by atoms with van der Waals surface area (Å²) >= 11 is 11.0. The van der Waals surface area contributed by atoms with Gasteiger partial charge in [-0.15, -0.1) is 0 Å². The van der Waals surface area contributed by atoms with Crippen molar-refractivity contribution < 1.29 is 9.32 Å². The molecule has 2 aromatic carbocycles. The topological polar surface area (TPSA) is 92.1 Å². The van der Waals surface area contributed by atoms with Crippen LogP contribution in [0.25, 0.3) is 11.4 Å². The largest absolute Gasteiger partial charge is 0.339 e. The third-order valence-electron chi connectivity index (χ3n) is 3.46. The zero-order valence-electron chi connectivity index (χ0n) is 14.1. The van der Waals surface area contributed by atoms with Crippen LogP contribution in [0.3, 0.4) is 0 Å². The molecule has 0 fully saturated rings. The fourth-order valence-electron chi connectivity index (χ4n) is 2.20. The lowest BCUT2D eigenvalue weighted by Crippen LogP contribution is -2.43. The van der Waals surface area contributed by atoms with E-state index in [4.69, 9.17) is 28.3 Å². The molecule has 0 aliphatic rings. The van der Waals surface area contributed by atoms with Crippen molar-refractivity contribution in [2.24, 2.45) is 0 Å². The summed E-state index contributed by atoms with van der Waals surface area (Å²) in [6.45, 7) is 0.